The summed E-state index contributed by atoms with van der Waals surface area (Å²) in [4.78, 5) is 11.0. The maximum absolute atomic E-state index is 14.6. The van der Waals surface area contributed by atoms with Crippen LogP contribution >= 0.6 is 23.5 Å². The molecule has 522 valence electrons. The maximum Gasteiger partial charge on any atom is 0.460 e. The quantitative estimate of drug-likeness (QED) is 0.0554. The Labute approximate surface area is 450 Å². The normalized spacial score (nSPS) is 16.9. The van der Waals surface area contributed by atoms with Gasteiger partial charge < -0.3 is 5.11 Å². The Kier molecular flexibility index (Phi) is 21.3. The predicted molar refractivity (Wildman–Crippen MR) is 180 cm³/mol. The number of hydrogen-bond acceptors (Lipinski definition) is 3. The molecule has 0 rings (SSSR count). The summed E-state index contributed by atoms with van der Waals surface area (Å²) in [5.74, 6) is -215. The molecule has 2 nitrogen and oxygen atoms in total. The first-order valence-corrected chi connectivity index (χ1v) is 21.7. The van der Waals surface area contributed by atoms with Gasteiger partial charge in [-0.15, -0.1) is 23.5 Å². The van der Waals surface area contributed by atoms with Gasteiger partial charge in [-0.3, -0.25) is 4.79 Å². The zero-order valence-electron chi connectivity index (χ0n) is 38.8. The van der Waals surface area contributed by atoms with Crippen molar-refractivity contribution in [1.82, 2.24) is 0 Å². The van der Waals surface area contributed by atoms with Crippen molar-refractivity contribution in [1.29, 1.82) is 0 Å². The van der Waals surface area contributed by atoms with Crippen molar-refractivity contribution in [3.63, 3.8) is 0 Å². The average Bonchev–Trinajstić information content (AvgIpc) is 3.28. The summed E-state index contributed by atoms with van der Waals surface area (Å²) in [5, 5.41) is 8.79. The standard InChI is InChI=1S/C33H16F50O2S2/c1-9(3-2-8(84)85,86-6-4-10(34,35)12(38,39)14(42,43)16(46,47)18(50,51)20(54,55)22(58,59)24(62,63)26(66,67)28(70,71)30(74,75)32(78,79)80)87-7-5-11(36,37)13(40,41)15(44,45)17(48,49)19(52,53)21(56,57)23(60,61)25(64,65)27(68,69)29(72,73)31(76,77)33(81,82)83/h2-7H2,1H3,(H,84,85). The molecule has 0 fully saturated rings. The van der Waals surface area contributed by atoms with Gasteiger partial charge >= 0.3 is 149 Å². The molecule has 0 spiro atoms. The van der Waals surface area contributed by atoms with E-state index in [1.54, 1.807) is 0 Å². The van der Waals surface area contributed by atoms with E-state index in [4.69, 9.17) is 5.11 Å². The van der Waals surface area contributed by atoms with Gasteiger partial charge in [0.2, 0.25) is 0 Å². The van der Waals surface area contributed by atoms with E-state index in [2.05, 4.69) is 0 Å². The molecule has 0 saturated heterocycles. The fourth-order valence-electron chi connectivity index (χ4n) is 5.59. The second-order valence-electron chi connectivity index (χ2n) is 17.1. The highest BCUT2D eigenvalue weighted by molar-refractivity contribution is 8.18. The fourth-order valence-corrected chi connectivity index (χ4v) is 8.50. The molecule has 0 aromatic heterocycles. The van der Waals surface area contributed by atoms with E-state index < -0.39 is 213 Å². The van der Waals surface area contributed by atoms with E-state index in [-0.39, 0.29) is 6.92 Å². The third-order valence-corrected chi connectivity index (χ3v) is 14.3. The van der Waals surface area contributed by atoms with Crippen LogP contribution in [0.1, 0.15) is 32.6 Å². The molecule has 0 bridgehead atoms. The second kappa shape index (κ2) is 22.2. The van der Waals surface area contributed by atoms with Gasteiger partial charge in [0.05, 0.1) is 4.08 Å². The molecule has 0 aromatic carbocycles. The summed E-state index contributed by atoms with van der Waals surface area (Å²) in [7, 11) is 0. The van der Waals surface area contributed by atoms with E-state index in [0.717, 1.165) is 0 Å². The smallest absolute Gasteiger partial charge is 0.460 e. The minimum absolute atomic E-state index is 0.0617. The number of alkyl halides is 50. The molecule has 87 heavy (non-hydrogen) atoms. The van der Waals surface area contributed by atoms with Gasteiger partial charge in [-0.05, 0) is 13.3 Å². The molecule has 0 amide bonds. The Bertz CT molecular complexity index is 2260. The third kappa shape index (κ3) is 11.5. The van der Waals surface area contributed by atoms with Gasteiger partial charge in [-0.1, -0.05) is 0 Å². The summed E-state index contributed by atoms with van der Waals surface area (Å²) >= 11 is -2.26. The molecular weight excluding hydrogens is 1440 g/mol. The molecule has 1 N–H and O–H groups in total. The van der Waals surface area contributed by atoms with Crippen molar-refractivity contribution in [2.45, 2.75) is 179 Å². The Balaban J connectivity index is 7.28. The zero-order valence-corrected chi connectivity index (χ0v) is 40.4. The zero-order chi connectivity index (χ0) is 71.7. The van der Waals surface area contributed by atoms with E-state index in [1.165, 1.54) is 0 Å². The molecule has 0 aromatic rings. The van der Waals surface area contributed by atoms with Crippen molar-refractivity contribution < 1.29 is 229 Å². The molecule has 0 radical (unpaired) electrons. The number of thioether (sulfide) groups is 2. The number of aliphatic carboxylic acids is 1. The first-order chi connectivity index (χ1) is 36.8. The first-order valence-electron chi connectivity index (χ1n) is 19.8. The lowest BCUT2D eigenvalue weighted by Gasteiger charge is -2.45. The van der Waals surface area contributed by atoms with Gasteiger partial charge in [-0.25, -0.2) is 0 Å². The largest absolute Gasteiger partial charge is 0.481 e. The van der Waals surface area contributed by atoms with Crippen molar-refractivity contribution in [3.05, 3.63) is 0 Å². The average molecular weight is 1460 g/mol. The molecule has 0 aliphatic rings. The van der Waals surface area contributed by atoms with Crippen LogP contribution in [-0.2, 0) is 4.79 Å². The lowest BCUT2D eigenvalue weighted by atomic mass is 9.84. The van der Waals surface area contributed by atoms with E-state index >= 15 is 0 Å². The minimum atomic E-state index is -10.0. The minimum Gasteiger partial charge on any atom is -0.481 e. The Morgan fingerprint density at radius 3 is 0.517 bits per heavy atom. The van der Waals surface area contributed by atoms with Gasteiger partial charge in [0.1, 0.15) is 0 Å². The molecule has 0 aliphatic heterocycles. The molecule has 0 aliphatic carbocycles. The lowest BCUT2D eigenvalue weighted by Crippen LogP contribution is -2.78. The molecule has 0 unspecified atom stereocenters. The van der Waals surface area contributed by atoms with Crippen LogP contribution < -0.4 is 0 Å². The maximum atomic E-state index is 14.6. The summed E-state index contributed by atoms with van der Waals surface area (Å²) in [5.41, 5.74) is 0. The van der Waals surface area contributed by atoms with E-state index in [9.17, 15) is 224 Å². The number of carbonyl (C=O) groups is 1. The van der Waals surface area contributed by atoms with E-state index in [0.29, 0.717) is 0 Å². The molecule has 54 heteroatoms. The predicted octanol–water partition coefficient (Wildman–Crippen LogP) is 18.9. The summed E-state index contributed by atoms with van der Waals surface area (Å²) in [6.07, 6.45) is -27.9. The van der Waals surface area contributed by atoms with Gasteiger partial charge in [-0.2, -0.15) is 220 Å². The highest BCUT2D eigenvalue weighted by Gasteiger charge is 3.02. The first kappa shape index (κ1) is 83.7. The molecule has 0 saturated carbocycles. The van der Waals surface area contributed by atoms with Crippen LogP contribution in [0.5, 0.6) is 0 Å². The fraction of sp³-hybridized carbons (Fsp3) is 0.970. The Hall–Kier alpha value is -3.33. The van der Waals surface area contributed by atoms with Crippen LogP contribution in [0.15, 0.2) is 0 Å². The molecular formula is C33H16F50O2S2. The van der Waals surface area contributed by atoms with Crippen molar-refractivity contribution in [3.8, 4) is 0 Å². The van der Waals surface area contributed by atoms with Crippen LogP contribution in [0.3, 0.4) is 0 Å². The highest BCUT2D eigenvalue weighted by Crippen LogP contribution is 2.71. The summed E-state index contributed by atoms with van der Waals surface area (Å²) in [6.45, 7) is -0.0617. The molecule has 0 heterocycles. The summed E-state index contributed by atoms with van der Waals surface area (Å²) < 4.78 is 686. The number of hydrogen-bond donors (Lipinski definition) is 1. The summed E-state index contributed by atoms with van der Waals surface area (Å²) in [6, 6.07) is 0. The van der Waals surface area contributed by atoms with Crippen molar-refractivity contribution >= 4 is 29.5 Å². The Morgan fingerprint density at radius 2 is 0.379 bits per heavy atom. The number of halogens is 50. The number of carboxylic acid groups (broad SMARTS) is 1. The number of carboxylic acids is 1. The van der Waals surface area contributed by atoms with Gasteiger partial charge in [0.25, 0.3) is 0 Å². The molecule has 0 atom stereocenters. The SMILES string of the molecule is CC(CCC(=O)O)(SCCC(F)(F)C(F)(F)C(F)(F)C(F)(F)C(F)(F)C(F)(F)C(F)(F)C(F)(F)C(F)(F)C(F)(F)C(F)(F)C(F)(F)F)SCCC(F)(F)C(F)(F)C(F)(F)C(F)(F)C(F)(F)C(F)(F)C(F)(F)C(F)(F)C(F)(F)C(F)(F)C(F)(F)C(F)(F)F. The van der Waals surface area contributed by atoms with Crippen molar-refractivity contribution in [2.75, 3.05) is 11.5 Å². The van der Waals surface area contributed by atoms with Crippen LogP contribution in [-0.4, -0.2) is 169 Å². The second-order valence-corrected chi connectivity index (χ2v) is 20.6. The third-order valence-electron chi connectivity index (χ3n) is 11.2. The highest BCUT2D eigenvalue weighted by atomic mass is 32.2. The van der Waals surface area contributed by atoms with Crippen LogP contribution in [0.2, 0.25) is 0 Å². The Morgan fingerprint density at radius 1 is 0.241 bits per heavy atom. The van der Waals surface area contributed by atoms with E-state index in [1.807, 2.05) is 0 Å². The lowest BCUT2D eigenvalue weighted by molar-refractivity contribution is -0.482. The van der Waals surface area contributed by atoms with Gasteiger partial charge in [0.15, 0.2) is 0 Å². The van der Waals surface area contributed by atoms with Crippen LogP contribution in [0.4, 0.5) is 220 Å². The van der Waals surface area contributed by atoms with Crippen LogP contribution in [0, 0.1) is 0 Å². The van der Waals surface area contributed by atoms with Gasteiger partial charge in [0, 0.05) is 30.8 Å². The monoisotopic (exact) mass is 1460 g/mol. The van der Waals surface area contributed by atoms with Crippen LogP contribution in [0.25, 0.3) is 0 Å². The topological polar surface area (TPSA) is 37.3 Å². The number of rotatable bonds is 31. The van der Waals surface area contributed by atoms with Crippen molar-refractivity contribution in [2.24, 2.45) is 0 Å².